The number of anilines is 1. The molecule has 0 bridgehead atoms. The first-order valence-corrected chi connectivity index (χ1v) is 9.00. The van der Waals surface area contributed by atoms with Crippen molar-refractivity contribution in [2.45, 2.75) is 46.6 Å². The van der Waals surface area contributed by atoms with Crippen LogP contribution in [0.25, 0.3) is 5.52 Å². The highest BCUT2D eigenvalue weighted by Gasteiger charge is 2.41. The van der Waals surface area contributed by atoms with Gasteiger partial charge in [0, 0.05) is 12.2 Å². The molecule has 7 nitrogen and oxygen atoms in total. The summed E-state index contributed by atoms with van der Waals surface area (Å²) in [6.07, 6.45) is 5.17. The van der Waals surface area contributed by atoms with Gasteiger partial charge in [0.1, 0.15) is 0 Å². The molecule has 1 amide bonds. The molecule has 3 rings (SSSR count). The minimum Gasteiger partial charge on any atom is -0.462 e. The van der Waals surface area contributed by atoms with Crippen molar-refractivity contribution >= 4 is 23.1 Å². The number of nitrogens with one attached hydrogen (secondary N) is 1. The Bertz CT molecular complexity index is 856. The van der Waals surface area contributed by atoms with E-state index in [0.717, 1.165) is 12.8 Å². The quantitative estimate of drug-likeness (QED) is 0.801. The summed E-state index contributed by atoms with van der Waals surface area (Å²) in [5.41, 5.74) is 7.62. The molecule has 0 aliphatic heterocycles. The minimum atomic E-state index is -0.551. The molecule has 0 saturated heterocycles. The molecule has 26 heavy (non-hydrogen) atoms. The van der Waals surface area contributed by atoms with Crippen LogP contribution in [0, 0.1) is 11.3 Å². The van der Waals surface area contributed by atoms with E-state index in [1.807, 2.05) is 0 Å². The SMILES string of the molecule is CCOC(=O)c1cc2c(NC3CCC(C)C3(C)C)c(C(N)=O)cnn2c1. The minimum absolute atomic E-state index is 0.0751. The standard InChI is InChI=1S/C19H26N4O3/c1-5-26-18(25)12-8-14-16(13(17(20)24)9-21-23(14)10-12)22-15-7-6-11(2)19(15,3)4/h8-11,15,22H,5-7H2,1-4H3,(H2,20,24). The third kappa shape index (κ3) is 3.02. The van der Waals surface area contributed by atoms with Gasteiger partial charge in [-0.2, -0.15) is 5.10 Å². The first kappa shape index (κ1) is 18.2. The van der Waals surface area contributed by atoms with Crippen molar-refractivity contribution in [3.8, 4) is 0 Å². The molecule has 0 radical (unpaired) electrons. The van der Waals surface area contributed by atoms with E-state index in [4.69, 9.17) is 10.5 Å². The zero-order valence-corrected chi connectivity index (χ0v) is 15.7. The van der Waals surface area contributed by atoms with Gasteiger partial charge in [0.25, 0.3) is 5.91 Å². The maximum atomic E-state index is 12.1. The molecule has 0 spiro atoms. The van der Waals surface area contributed by atoms with Gasteiger partial charge >= 0.3 is 5.97 Å². The number of nitrogens with two attached hydrogens (primary N) is 1. The van der Waals surface area contributed by atoms with Gasteiger partial charge in [0.05, 0.1) is 35.1 Å². The summed E-state index contributed by atoms with van der Waals surface area (Å²) in [5.74, 6) is -0.401. The average Bonchev–Trinajstić information content (AvgIpc) is 3.11. The topological polar surface area (TPSA) is 98.7 Å². The number of fused-ring (bicyclic) bond motifs is 1. The maximum absolute atomic E-state index is 12.1. The van der Waals surface area contributed by atoms with Gasteiger partial charge in [-0.15, -0.1) is 0 Å². The fraction of sp³-hybridized carbons (Fsp3) is 0.526. The lowest BCUT2D eigenvalue weighted by Gasteiger charge is -2.33. The van der Waals surface area contributed by atoms with Crippen molar-refractivity contribution in [3.05, 3.63) is 29.6 Å². The predicted octanol–water partition coefficient (Wildman–Crippen LogP) is 2.85. The number of hydrogen-bond acceptors (Lipinski definition) is 5. The molecule has 1 fully saturated rings. The molecule has 2 aromatic rings. The van der Waals surface area contributed by atoms with Crippen molar-refractivity contribution < 1.29 is 14.3 Å². The Morgan fingerprint density at radius 3 is 2.73 bits per heavy atom. The van der Waals surface area contributed by atoms with Gasteiger partial charge in [0.2, 0.25) is 0 Å². The number of ether oxygens (including phenoxy) is 1. The molecule has 1 saturated carbocycles. The summed E-state index contributed by atoms with van der Waals surface area (Å²) in [7, 11) is 0. The van der Waals surface area contributed by atoms with E-state index in [0.29, 0.717) is 34.9 Å². The second kappa shape index (κ2) is 6.63. The van der Waals surface area contributed by atoms with Crippen LogP contribution in [0.4, 0.5) is 5.69 Å². The van der Waals surface area contributed by atoms with Crippen LogP contribution in [0.15, 0.2) is 18.5 Å². The summed E-state index contributed by atoms with van der Waals surface area (Å²) in [4.78, 5) is 24.0. The summed E-state index contributed by atoms with van der Waals surface area (Å²) in [6, 6.07) is 1.88. The van der Waals surface area contributed by atoms with Crippen LogP contribution >= 0.6 is 0 Å². The Kier molecular flexibility index (Phi) is 4.64. The van der Waals surface area contributed by atoms with Crippen LogP contribution in [0.3, 0.4) is 0 Å². The van der Waals surface area contributed by atoms with E-state index >= 15 is 0 Å². The van der Waals surface area contributed by atoms with Crippen LogP contribution < -0.4 is 11.1 Å². The number of esters is 1. The number of amides is 1. The largest absolute Gasteiger partial charge is 0.462 e. The fourth-order valence-electron chi connectivity index (χ4n) is 3.66. The van der Waals surface area contributed by atoms with Crippen molar-refractivity contribution in [2.75, 3.05) is 11.9 Å². The van der Waals surface area contributed by atoms with Crippen molar-refractivity contribution in [3.63, 3.8) is 0 Å². The molecule has 2 heterocycles. The zero-order valence-electron chi connectivity index (χ0n) is 15.7. The van der Waals surface area contributed by atoms with Crippen LogP contribution in [0.5, 0.6) is 0 Å². The van der Waals surface area contributed by atoms with Gasteiger partial charge in [-0.1, -0.05) is 20.8 Å². The summed E-state index contributed by atoms with van der Waals surface area (Å²) >= 11 is 0. The van der Waals surface area contributed by atoms with Crippen molar-refractivity contribution in [1.82, 2.24) is 9.61 Å². The number of carbonyl (C=O) groups excluding carboxylic acids is 2. The van der Waals surface area contributed by atoms with Crippen molar-refractivity contribution in [1.29, 1.82) is 0 Å². The number of nitrogens with zero attached hydrogens (tertiary/aromatic N) is 2. The van der Waals surface area contributed by atoms with Gasteiger partial charge in [0.15, 0.2) is 0 Å². The molecule has 140 valence electrons. The van der Waals surface area contributed by atoms with Crippen molar-refractivity contribution in [2.24, 2.45) is 17.1 Å². The molecule has 2 atom stereocenters. The monoisotopic (exact) mass is 358 g/mol. The Morgan fingerprint density at radius 1 is 1.42 bits per heavy atom. The number of carbonyl (C=O) groups is 2. The molecular weight excluding hydrogens is 332 g/mol. The Balaban J connectivity index is 2.07. The average molecular weight is 358 g/mol. The maximum Gasteiger partial charge on any atom is 0.339 e. The van der Waals surface area contributed by atoms with E-state index in [9.17, 15) is 9.59 Å². The number of hydrogen-bond donors (Lipinski definition) is 2. The number of rotatable bonds is 5. The number of primary amides is 1. The van der Waals surface area contributed by atoms with E-state index in [-0.39, 0.29) is 11.5 Å². The molecule has 1 aliphatic rings. The molecule has 2 aromatic heterocycles. The summed E-state index contributed by atoms with van der Waals surface area (Å²) < 4.78 is 6.64. The highest BCUT2D eigenvalue weighted by molar-refractivity contribution is 6.03. The van der Waals surface area contributed by atoms with Gasteiger partial charge in [-0.25, -0.2) is 9.31 Å². The second-order valence-electron chi connectivity index (χ2n) is 7.57. The Labute approximate surface area is 152 Å². The Morgan fingerprint density at radius 2 is 2.15 bits per heavy atom. The van der Waals surface area contributed by atoms with Gasteiger partial charge in [-0.3, -0.25) is 4.79 Å². The molecule has 7 heteroatoms. The normalized spacial score (nSPS) is 21.7. The lowest BCUT2D eigenvalue weighted by atomic mass is 9.80. The van der Waals surface area contributed by atoms with Gasteiger partial charge < -0.3 is 15.8 Å². The highest BCUT2D eigenvalue weighted by Crippen LogP contribution is 2.44. The van der Waals surface area contributed by atoms with E-state index in [1.54, 1.807) is 23.7 Å². The van der Waals surface area contributed by atoms with E-state index < -0.39 is 11.9 Å². The van der Waals surface area contributed by atoms with Crippen LogP contribution in [-0.2, 0) is 4.74 Å². The smallest absolute Gasteiger partial charge is 0.339 e. The predicted molar refractivity (Wildman–Crippen MR) is 99.3 cm³/mol. The van der Waals surface area contributed by atoms with E-state index in [1.165, 1.54) is 6.20 Å². The second-order valence-corrected chi connectivity index (χ2v) is 7.57. The molecule has 3 N–H and O–H groups in total. The van der Waals surface area contributed by atoms with Crippen LogP contribution in [0.2, 0.25) is 0 Å². The zero-order chi connectivity index (χ0) is 19.1. The van der Waals surface area contributed by atoms with Crippen LogP contribution in [0.1, 0.15) is 61.3 Å². The van der Waals surface area contributed by atoms with E-state index in [2.05, 4.69) is 31.2 Å². The van der Waals surface area contributed by atoms with Gasteiger partial charge in [-0.05, 0) is 37.2 Å². The Hall–Kier alpha value is -2.57. The summed E-state index contributed by atoms with van der Waals surface area (Å²) in [5, 5.41) is 7.75. The van der Waals surface area contributed by atoms with Crippen LogP contribution in [-0.4, -0.2) is 34.1 Å². The first-order chi connectivity index (χ1) is 12.3. The highest BCUT2D eigenvalue weighted by atomic mass is 16.5. The lowest BCUT2D eigenvalue weighted by molar-refractivity contribution is 0.0526. The first-order valence-electron chi connectivity index (χ1n) is 9.00. The molecule has 1 aliphatic carbocycles. The lowest BCUT2D eigenvalue weighted by Crippen LogP contribution is -2.35. The third-order valence-corrected chi connectivity index (χ3v) is 5.79. The molecular formula is C19H26N4O3. The molecule has 2 unspecified atom stereocenters. The molecule has 0 aromatic carbocycles. The fourth-order valence-corrected chi connectivity index (χ4v) is 3.66. The number of aromatic nitrogens is 2. The summed E-state index contributed by atoms with van der Waals surface area (Å²) in [6.45, 7) is 8.76. The third-order valence-electron chi connectivity index (χ3n) is 5.79.